The third kappa shape index (κ3) is 3.78. The van der Waals surface area contributed by atoms with Crippen LogP contribution in [-0.4, -0.2) is 29.7 Å². The summed E-state index contributed by atoms with van der Waals surface area (Å²) in [4.78, 5) is 12.3. The third-order valence-corrected chi connectivity index (χ3v) is 3.30. The maximum absolute atomic E-state index is 12.3. The fraction of sp³-hybridized carbons (Fsp3) is 0.533. The molecule has 1 aromatic rings. The predicted octanol–water partition coefficient (Wildman–Crippen LogP) is 1.40. The van der Waals surface area contributed by atoms with Crippen LogP contribution < -0.4 is 10.6 Å². The van der Waals surface area contributed by atoms with Crippen molar-refractivity contribution in [2.45, 2.75) is 38.8 Å². The van der Waals surface area contributed by atoms with Gasteiger partial charge in [-0.3, -0.25) is 4.79 Å². The van der Waals surface area contributed by atoms with Crippen LogP contribution in [0, 0.1) is 0 Å². The molecule has 0 heterocycles. The number of likely N-dealkylation sites (N-methyl/N-ethyl adjacent to an activating group) is 1. The summed E-state index contributed by atoms with van der Waals surface area (Å²) in [6, 6.07) is 9.49. The molecule has 0 saturated heterocycles. The Morgan fingerprint density at radius 3 is 2.26 bits per heavy atom. The first-order valence-electron chi connectivity index (χ1n) is 6.60. The van der Waals surface area contributed by atoms with Gasteiger partial charge in [-0.1, -0.05) is 37.3 Å². The quantitative estimate of drug-likeness (QED) is 0.728. The molecule has 1 aromatic carbocycles. The van der Waals surface area contributed by atoms with Gasteiger partial charge in [0.1, 0.15) is 0 Å². The molecule has 0 saturated carbocycles. The van der Waals surface area contributed by atoms with Gasteiger partial charge in [0, 0.05) is 0 Å². The topological polar surface area (TPSA) is 61.4 Å². The molecule has 0 aliphatic heterocycles. The van der Waals surface area contributed by atoms with Crippen molar-refractivity contribution in [3.8, 4) is 0 Å². The molecule has 0 spiro atoms. The SMILES string of the molecule is CCNC(C)(C)C(=O)NC(C)(CO)c1ccccc1. The number of carbonyl (C=O) groups is 1. The first-order valence-corrected chi connectivity index (χ1v) is 6.60. The minimum Gasteiger partial charge on any atom is -0.394 e. The van der Waals surface area contributed by atoms with Gasteiger partial charge in [0.25, 0.3) is 0 Å². The molecule has 1 amide bonds. The summed E-state index contributed by atoms with van der Waals surface area (Å²) >= 11 is 0. The van der Waals surface area contributed by atoms with Crippen LogP contribution in [-0.2, 0) is 10.3 Å². The number of hydrogen-bond acceptors (Lipinski definition) is 3. The summed E-state index contributed by atoms with van der Waals surface area (Å²) in [5, 5.41) is 15.7. The standard InChI is InChI=1S/C15H24N2O2/c1-5-16-14(2,3)13(19)17-15(4,11-18)12-9-7-6-8-10-12/h6-10,16,18H,5,11H2,1-4H3,(H,17,19). The Morgan fingerprint density at radius 2 is 1.79 bits per heavy atom. The van der Waals surface area contributed by atoms with Gasteiger partial charge >= 0.3 is 0 Å². The van der Waals surface area contributed by atoms with Gasteiger partial charge in [-0.25, -0.2) is 0 Å². The van der Waals surface area contributed by atoms with Gasteiger partial charge in [0.2, 0.25) is 5.91 Å². The summed E-state index contributed by atoms with van der Waals surface area (Å²) in [6.07, 6.45) is 0. The van der Waals surface area contributed by atoms with Crippen molar-refractivity contribution in [3.63, 3.8) is 0 Å². The minimum absolute atomic E-state index is 0.130. The van der Waals surface area contributed by atoms with E-state index in [2.05, 4.69) is 10.6 Å². The second-order valence-corrected chi connectivity index (χ2v) is 5.47. The molecular weight excluding hydrogens is 240 g/mol. The molecule has 1 atom stereocenters. The lowest BCUT2D eigenvalue weighted by Crippen LogP contribution is -2.58. The van der Waals surface area contributed by atoms with E-state index in [9.17, 15) is 9.90 Å². The molecule has 3 N–H and O–H groups in total. The van der Waals surface area contributed by atoms with Gasteiger partial charge < -0.3 is 15.7 Å². The van der Waals surface area contributed by atoms with Crippen molar-refractivity contribution >= 4 is 5.91 Å². The Hall–Kier alpha value is -1.39. The average Bonchev–Trinajstić information content (AvgIpc) is 2.39. The molecule has 0 fully saturated rings. The highest BCUT2D eigenvalue weighted by molar-refractivity contribution is 5.86. The van der Waals surface area contributed by atoms with Gasteiger partial charge in [-0.05, 0) is 32.9 Å². The molecule has 1 rings (SSSR count). The van der Waals surface area contributed by atoms with Crippen molar-refractivity contribution in [2.24, 2.45) is 0 Å². The smallest absolute Gasteiger partial charge is 0.240 e. The van der Waals surface area contributed by atoms with Gasteiger partial charge in [0.05, 0.1) is 17.7 Å². The molecule has 0 radical (unpaired) electrons. The molecule has 4 heteroatoms. The van der Waals surface area contributed by atoms with Crippen molar-refractivity contribution in [2.75, 3.05) is 13.2 Å². The van der Waals surface area contributed by atoms with E-state index in [1.54, 1.807) is 0 Å². The maximum atomic E-state index is 12.3. The largest absolute Gasteiger partial charge is 0.394 e. The average molecular weight is 264 g/mol. The van der Waals surface area contributed by atoms with E-state index in [1.807, 2.05) is 58.0 Å². The van der Waals surface area contributed by atoms with Crippen LogP contribution in [0.25, 0.3) is 0 Å². The monoisotopic (exact) mass is 264 g/mol. The summed E-state index contributed by atoms with van der Waals surface area (Å²) in [6.45, 7) is 8.00. The van der Waals surface area contributed by atoms with Crippen LogP contribution in [0.5, 0.6) is 0 Å². The van der Waals surface area contributed by atoms with Gasteiger partial charge in [0.15, 0.2) is 0 Å². The summed E-state index contributed by atoms with van der Waals surface area (Å²) < 4.78 is 0. The molecule has 19 heavy (non-hydrogen) atoms. The summed E-state index contributed by atoms with van der Waals surface area (Å²) in [5.74, 6) is -0.130. The van der Waals surface area contributed by atoms with Crippen molar-refractivity contribution in [1.82, 2.24) is 10.6 Å². The zero-order chi connectivity index (χ0) is 14.5. The number of carbonyl (C=O) groups excluding carboxylic acids is 1. The molecule has 1 unspecified atom stereocenters. The van der Waals surface area contributed by atoms with E-state index in [-0.39, 0.29) is 12.5 Å². The molecule has 0 bridgehead atoms. The normalized spacial score (nSPS) is 14.8. The van der Waals surface area contributed by atoms with Crippen molar-refractivity contribution < 1.29 is 9.90 Å². The lowest BCUT2D eigenvalue weighted by molar-refractivity contribution is -0.129. The lowest BCUT2D eigenvalue weighted by atomic mass is 9.91. The lowest BCUT2D eigenvalue weighted by Gasteiger charge is -2.34. The fourth-order valence-electron chi connectivity index (χ4n) is 1.94. The van der Waals surface area contributed by atoms with Crippen LogP contribution >= 0.6 is 0 Å². The highest BCUT2D eigenvalue weighted by Crippen LogP contribution is 2.21. The second-order valence-electron chi connectivity index (χ2n) is 5.47. The van der Waals surface area contributed by atoms with E-state index in [0.717, 1.165) is 5.56 Å². The Morgan fingerprint density at radius 1 is 1.21 bits per heavy atom. The number of nitrogens with one attached hydrogen (secondary N) is 2. The van der Waals surface area contributed by atoms with E-state index in [4.69, 9.17) is 0 Å². The third-order valence-electron chi connectivity index (χ3n) is 3.30. The second kappa shape index (κ2) is 6.17. The Balaban J connectivity index is 2.91. The molecular formula is C15H24N2O2. The Bertz CT molecular complexity index is 417. The van der Waals surface area contributed by atoms with Crippen molar-refractivity contribution in [3.05, 3.63) is 35.9 Å². The van der Waals surface area contributed by atoms with Crippen LogP contribution in [0.4, 0.5) is 0 Å². The highest BCUT2D eigenvalue weighted by atomic mass is 16.3. The van der Waals surface area contributed by atoms with Crippen LogP contribution in [0.1, 0.15) is 33.3 Å². The molecule has 106 valence electrons. The number of aliphatic hydroxyl groups excluding tert-OH is 1. The first-order chi connectivity index (χ1) is 8.85. The summed E-state index contributed by atoms with van der Waals surface area (Å²) in [7, 11) is 0. The Kier molecular flexibility index (Phi) is 5.09. The number of benzene rings is 1. The molecule has 0 aliphatic carbocycles. The first kappa shape index (κ1) is 15.7. The minimum atomic E-state index is -0.773. The van der Waals surface area contributed by atoms with E-state index >= 15 is 0 Å². The number of rotatable bonds is 6. The van der Waals surface area contributed by atoms with E-state index in [0.29, 0.717) is 6.54 Å². The maximum Gasteiger partial charge on any atom is 0.240 e. The molecule has 4 nitrogen and oxygen atoms in total. The molecule has 0 aromatic heterocycles. The Labute approximate surface area is 115 Å². The number of hydrogen-bond donors (Lipinski definition) is 3. The molecule has 0 aliphatic rings. The van der Waals surface area contributed by atoms with Crippen LogP contribution in [0.15, 0.2) is 30.3 Å². The highest BCUT2D eigenvalue weighted by Gasteiger charge is 2.34. The van der Waals surface area contributed by atoms with Crippen LogP contribution in [0.3, 0.4) is 0 Å². The van der Waals surface area contributed by atoms with Gasteiger partial charge in [-0.2, -0.15) is 0 Å². The van der Waals surface area contributed by atoms with Crippen molar-refractivity contribution in [1.29, 1.82) is 0 Å². The zero-order valence-corrected chi connectivity index (χ0v) is 12.2. The number of amides is 1. The van der Waals surface area contributed by atoms with E-state index < -0.39 is 11.1 Å². The predicted molar refractivity (Wildman–Crippen MR) is 76.8 cm³/mol. The van der Waals surface area contributed by atoms with Crippen LogP contribution in [0.2, 0.25) is 0 Å². The fourth-order valence-corrected chi connectivity index (χ4v) is 1.94. The summed E-state index contributed by atoms with van der Waals surface area (Å²) in [5.41, 5.74) is -0.552. The van der Waals surface area contributed by atoms with Gasteiger partial charge in [-0.15, -0.1) is 0 Å². The zero-order valence-electron chi connectivity index (χ0n) is 12.2. The van der Waals surface area contributed by atoms with E-state index in [1.165, 1.54) is 0 Å². The number of aliphatic hydroxyl groups is 1.